The number of aromatic nitrogens is 2. The molecule has 1 radical (unpaired) electrons. The molecule has 0 aliphatic carbocycles. The Balaban J connectivity index is 2.15. The largest absolute Gasteiger partial charge is 0.351 e. The Bertz CT molecular complexity index is 790. The summed E-state index contributed by atoms with van der Waals surface area (Å²) < 4.78 is 2.96. The van der Waals surface area contributed by atoms with E-state index >= 15 is 0 Å². The summed E-state index contributed by atoms with van der Waals surface area (Å²) in [6.45, 7) is 4.10. The Labute approximate surface area is 138 Å². The highest BCUT2D eigenvalue weighted by Gasteiger charge is 2.19. The number of anilines is 1. The van der Waals surface area contributed by atoms with Crippen molar-refractivity contribution in [3.05, 3.63) is 53.0 Å². The van der Waals surface area contributed by atoms with Crippen molar-refractivity contribution in [2.24, 2.45) is 14.1 Å². The van der Waals surface area contributed by atoms with Crippen LogP contribution in [-0.2, 0) is 14.1 Å². The summed E-state index contributed by atoms with van der Waals surface area (Å²) in [5, 5.41) is 16.1. The van der Waals surface area contributed by atoms with Crippen molar-refractivity contribution in [1.82, 2.24) is 14.5 Å². The summed E-state index contributed by atoms with van der Waals surface area (Å²) in [4.78, 5) is 34.4. The van der Waals surface area contributed by atoms with Crippen molar-refractivity contribution in [1.29, 1.82) is 0 Å². The van der Waals surface area contributed by atoms with Crippen LogP contribution >= 0.6 is 0 Å². The van der Waals surface area contributed by atoms with E-state index in [1.54, 1.807) is 24.9 Å². The second-order valence-electron chi connectivity index (χ2n) is 5.24. The van der Waals surface area contributed by atoms with Crippen LogP contribution in [-0.4, -0.2) is 32.4 Å². The van der Waals surface area contributed by atoms with Gasteiger partial charge in [0.2, 0.25) is 0 Å². The third-order valence-corrected chi connectivity index (χ3v) is 3.39. The standard InChI is InChI=1S/C15H18N5O4/c1-4-5-16-14(21)12-6-10(8-18(12)2)17-15(22)13-7-11(20(23)24)9-19(13)3/h6-9H,1,4-5H2,2-3H3,(H,16,21)(H,17,22). The Morgan fingerprint density at radius 3 is 2.38 bits per heavy atom. The maximum atomic E-state index is 12.3. The quantitative estimate of drug-likeness (QED) is 0.616. The highest BCUT2D eigenvalue weighted by atomic mass is 16.6. The Hall–Kier alpha value is -3.10. The zero-order valence-corrected chi connectivity index (χ0v) is 13.4. The summed E-state index contributed by atoms with van der Waals surface area (Å²) >= 11 is 0. The number of carbonyl (C=O) groups excluding carboxylic acids is 2. The van der Waals surface area contributed by atoms with Crippen LogP contribution in [0, 0.1) is 17.0 Å². The van der Waals surface area contributed by atoms with E-state index in [2.05, 4.69) is 17.6 Å². The number of nitrogens with zero attached hydrogens (tertiary/aromatic N) is 3. The molecule has 0 aliphatic heterocycles. The van der Waals surface area contributed by atoms with Gasteiger partial charge in [-0.2, -0.15) is 0 Å². The molecular formula is C15H18N5O4. The van der Waals surface area contributed by atoms with Gasteiger partial charge in [0.1, 0.15) is 11.4 Å². The third kappa shape index (κ3) is 3.62. The van der Waals surface area contributed by atoms with Crippen molar-refractivity contribution < 1.29 is 14.5 Å². The van der Waals surface area contributed by atoms with Gasteiger partial charge in [-0.3, -0.25) is 19.7 Å². The zero-order valence-electron chi connectivity index (χ0n) is 13.4. The van der Waals surface area contributed by atoms with Gasteiger partial charge in [0.25, 0.3) is 17.5 Å². The monoisotopic (exact) mass is 332 g/mol. The molecule has 24 heavy (non-hydrogen) atoms. The molecule has 0 fully saturated rings. The van der Waals surface area contributed by atoms with Gasteiger partial charge in [0.05, 0.1) is 16.8 Å². The highest BCUT2D eigenvalue weighted by Crippen LogP contribution is 2.18. The maximum absolute atomic E-state index is 12.3. The average molecular weight is 332 g/mol. The van der Waals surface area contributed by atoms with E-state index in [0.717, 1.165) is 0 Å². The van der Waals surface area contributed by atoms with Crippen LogP contribution < -0.4 is 10.6 Å². The molecule has 2 amide bonds. The predicted octanol–water partition coefficient (Wildman–Crippen LogP) is 1.48. The number of hydrogen-bond acceptors (Lipinski definition) is 4. The topological polar surface area (TPSA) is 111 Å². The second-order valence-corrected chi connectivity index (χ2v) is 5.24. The van der Waals surface area contributed by atoms with Crippen LogP contribution in [0.15, 0.2) is 24.5 Å². The Morgan fingerprint density at radius 2 is 1.79 bits per heavy atom. The van der Waals surface area contributed by atoms with Gasteiger partial charge in [-0.05, 0) is 12.5 Å². The fraction of sp³-hybridized carbons (Fsp3) is 0.267. The fourth-order valence-electron chi connectivity index (χ4n) is 2.22. The smallest absolute Gasteiger partial charge is 0.287 e. The SMILES string of the molecule is [CH2]CCNC(=O)c1cc(NC(=O)c2cc([N+](=O)[O-])cn2C)cn1C. The van der Waals surface area contributed by atoms with E-state index in [1.807, 2.05) is 0 Å². The van der Waals surface area contributed by atoms with Gasteiger partial charge in [-0.25, -0.2) is 0 Å². The number of aryl methyl sites for hydroxylation is 2. The molecule has 9 nitrogen and oxygen atoms in total. The zero-order chi connectivity index (χ0) is 17.9. The second kappa shape index (κ2) is 6.99. The molecule has 2 aromatic heterocycles. The molecule has 0 aliphatic rings. The summed E-state index contributed by atoms with van der Waals surface area (Å²) in [7, 11) is 3.23. The maximum Gasteiger partial charge on any atom is 0.287 e. The minimum absolute atomic E-state index is 0.147. The van der Waals surface area contributed by atoms with E-state index in [-0.39, 0.29) is 17.3 Å². The first-order valence-electron chi connectivity index (χ1n) is 7.19. The Morgan fingerprint density at radius 1 is 1.17 bits per heavy atom. The summed E-state index contributed by atoms with van der Waals surface area (Å²) in [5.41, 5.74) is 0.792. The lowest BCUT2D eigenvalue weighted by atomic mass is 10.3. The van der Waals surface area contributed by atoms with Crippen LogP contribution in [0.4, 0.5) is 11.4 Å². The molecule has 0 unspecified atom stereocenters. The molecular weight excluding hydrogens is 314 g/mol. The minimum Gasteiger partial charge on any atom is -0.351 e. The number of amides is 2. The van der Waals surface area contributed by atoms with Gasteiger partial charge in [0.15, 0.2) is 0 Å². The van der Waals surface area contributed by atoms with E-state index in [1.165, 1.54) is 22.9 Å². The van der Waals surface area contributed by atoms with Crippen LogP contribution in [0.25, 0.3) is 0 Å². The van der Waals surface area contributed by atoms with Crippen molar-refractivity contribution in [2.75, 3.05) is 11.9 Å². The molecule has 0 atom stereocenters. The molecule has 9 heteroatoms. The predicted molar refractivity (Wildman–Crippen MR) is 87.7 cm³/mol. The molecule has 0 saturated heterocycles. The first kappa shape index (κ1) is 17.3. The lowest BCUT2D eigenvalue weighted by Gasteiger charge is -2.03. The molecule has 0 aromatic carbocycles. The van der Waals surface area contributed by atoms with Gasteiger partial charge in [0, 0.05) is 32.9 Å². The van der Waals surface area contributed by atoms with Crippen molar-refractivity contribution >= 4 is 23.2 Å². The van der Waals surface area contributed by atoms with E-state index < -0.39 is 10.8 Å². The number of rotatable bonds is 6. The van der Waals surface area contributed by atoms with Crippen LogP contribution in [0.5, 0.6) is 0 Å². The van der Waals surface area contributed by atoms with E-state index in [9.17, 15) is 19.7 Å². The van der Waals surface area contributed by atoms with Crippen molar-refractivity contribution in [3.63, 3.8) is 0 Å². The van der Waals surface area contributed by atoms with Gasteiger partial charge < -0.3 is 19.8 Å². The average Bonchev–Trinajstić information content (AvgIpc) is 3.08. The lowest BCUT2D eigenvalue weighted by molar-refractivity contribution is -0.384. The van der Waals surface area contributed by atoms with Gasteiger partial charge >= 0.3 is 0 Å². The molecule has 127 valence electrons. The Kier molecular flexibility index (Phi) is 5.02. The number of carbonyl (C=O) groups is 2. The van der Waals surface area contributed by atoms with Crippen molar-refractivity contribution in [3.8, 4) is 0 Å². The third-order valence-electron chi connectivity index (χ3n) is 3.39. The molecule has 0 spiro atoms. The molecule has 2 N–H and O–H groups in total. The molecule has 0 saturated carbocycles. The summed E-state index contributed by atoms with van der Waals surface area (Å²) in [5.74, 6) is -0.767. The number of nitrogens with one attached hydrogen (secondary N) is 2. The van der Waals surface area contributed by atoms with Crippen LogP contribution in [0.2, 0.25) is 0 Å². The lowest BCUT2D eigenvalue weighted by Crippen LogP contribution is -2.25. The first-order chi connectivity index (χ1) is 11.3. The van der Waals surface area contributed by atoms with Crippen LogP contribution in [0.3, 0.4) is 0 Å². The highest BCUT2D eigenvalue weighted by molar-refractivity contribution is 6.04. The fourth-order valence-corrected chi connectivity index (χ4v) is 2.22. The first-order valence-corrected chi connectivity index (χ1v) is 7.19. The van der Waals surface area contributed by atoms with Gasteiger partial charge in [-0.1, -0.05) is 6.92 Å². The molecule has 2 rings (SSSR count). The molecule has 0 bridgehead atoms. The minimum atomic E-state index is -0.565. The number of hydrogen-bond donors (Lipinski definition) is 2. The summed E-state index contributed by atoms with van der Waals surface area (Å²) in [6, 6.07) is 2.73. The number of nitro groups is 1. The van der Waals surface area contributed by atoms with E-state index in [4.69, 9.17) is 0 Å². The molecule has 2 heterocycles. The molecule has 2 aromatic rings. The summed E-state index contributed by atoms with van der Waals surface area (Å²) in [6.07, 6.45) is 3.43. The van der Waals surface area contributed by atoms with Crippen molar-refractivity contribution in [2.45, 2.75) is 6.42 Å². The van der Waals surface area contributed by atoms with E-state index in [0.29, 0.717) is 24.3 Å². The van der Waals surface area contributed by atoms with Crippen LogP contribution in [0.1, 0.15) is 27.4 Å². The normalized spacial score (nSPS) is 10.5. The van der Waals surface area contributed by atoms with Gasteiger partial charge in [-0.15, -0.1) is 0 Å².